The zero-order chi connectivity index (χ0) is 18.1. The number of halogens is 2. The number of morpholine rings is 1. The van der Waals surface area contributed by atoms with Crippen molar-refractivity contribution in [3.05, 3.63) is 44.8 Å². The number of epoxide rings is 1. The quantitative estimate of drug-likeness (QED) is 0.376. The number of likely N-dealkylation sites (N-methyl/N-ethyl adjacent to an activating group) is 1. The van der Waals surface area contributed by atoms with Crippen LogP contribution in [0.2, 0.25) is 0 Å². The molecule has 2 aromatic heterocycles. The van der Waals surface area contributed by atoms with Crippen molar-refractivity contribution >= 4 is 58.0 Å². The van der Waals surface area contributed by atoms with Crippen molar-refractivity contribution < 1.29 is 29.3 Å². The molecule has 5 heterocycles. The summed E-state index contributed by atoms with van der Waals surface area (Å²) in [5.74, 6) is -0.561. The summed E-state index contributed by atoms with van der Waals surface area (Å²) in [4.78, 5) is 14.3. The number of hydrogen-bond acceptors (Lipinski definition) is 6. The van der Waals surface area contributed by atoms with Crippen LogP contribution in [0.3, 0.4) is 0 Å². The minimum atomic E-state index is -1.72. The number of hydrogen-bond donors (Lipinski definition) is 1. The Balaban J connectivity index is 0.000001000. The van der Waals surface area contributed by atoms with Gasteiger partial charge in [-0.15, -0.1) is 52.1 Å². The average molecular weight is 528 g/mol. The van der Waals surface area contributed by atoms with Gasteiger partial charge in [-0.1, -0.05) is 12.1 Å². The van der Waals surface area contributed by atoms with E-state index in [1.807, 2.05) is 22.9 Å². The maximum atomic E-state index is 13.1. The molecule has 162 valence electrons. The first-order valence-corrected chi connectivity index (χ1v) is 10.7. The molecule has 5 rings (SSSR count). The lowest BCUT2D eigenvalue weighted by Gasteiger charge is -2.45. The molecule has 0 amide bonds. The number of nitrogens with zero attached hydrogens (tertiary/aromatic N) is 1. The van der Waals surface area contributed by atoms with Gasteiger partial charge >= 0.3 is 5.97 Å². The molecule has 10 heteroatoms. The number of fused-ring (bicyclic) bond motifs is 5. The van der Waals surface area contributed by atoms with E-state index in [4.69, 9.17) is 9.47 Å². The fourth-order valence-electron chi connectivity index (χ4n) is 4.83. The van der Waals surface area contributed by atoms with Gasteiger partial charge in [-0.3, -0.25) is 0 Å². The predicted molar refractivity (Wildman–Crippen MR) is 120 cm³/mol. The number of carbonyl (C=O) groups is 1. The molecular formula is C19H26BrClNO5S2+. The number of aliphatic hydroxyl groups is 1. The van der Waals surface area contributed by atoms with E-state index in [0.717, 1.165) is 17.3 Å². The van der Waals surface area contributed by atoms with Gasteiger partial charge in [0.05, 0.1) is 23.8 Å². The Morgan fingerprint density at radius 1 is 1.14 bits per heavy atom. The standard InChI is InChI=1S/C19H22NO4S2.BrH.ClH.H2O/c1-20(2)12-9-11(10-13(20)17-16(12)24-17)23-18(21)19(22,14-5-3-7-25-14)15-6-4-8-26-15;;;/h3-8,11-13,16-17,22H,9-10H2,1-2H3;2*1H;1H2/q+1;;;/t11?,12-,13+,16-,17+;;;. The van der Waals surface area contributed by atoms with E-state index in [2.05, 4.69) is 14.1 Å². The Kier molecular flexibility index (Phi) is 7.29. The highest BCUT2D eigenvalue weighted by Crippen LogP contribution is 2.52. The maximum absolute atomic E-state index is 13.1. The molecule has 1 unspecified atom stereocenters. The molecule has 5 atom stereocenters. The van der Waals surface area contributed by atoms with Gasteiger partial charge < -0.3 is 24.5 Å². The lowest BCUT2D eigenvalue weighted by molar-refractivity contribution is -0.938. The number of rotatable bonds is 4. The van der Waals surface area contributed by atoms with E-state index in [9.17, 15) is 9.90 Å². The molecule has 0 aliphatic carbocycles. The van der Waals surface area contributed by atoms with Crippen LogP contribution in [0.4, 0.5) is 0 Å². The first-order valence-electron chi connectivity index (χ1n) is 8.92. The molecule has 2 bridgehead atoms. The molecule has 3 aliphatic rings. The summed E-state index contributed by atoms with van der Waals surface area (Å²) in [7, 11) is 4.49. The number of ether oxygens (including phenoxy) is 2. The molecule has 0 saturated carbocycles. The Morgan fingerprint density at radius 3 is 2.03 bits per heavy atom. The van der Waals surface area contributed by atoms with Gasteiger partial charge in [-0.05, 0) is 22.9 Å². The zero-order valence-electron chi connectivity index (χ0n) is 16.0. The van der Waals surface area contributed by atoms with E-state index in [-0.39, 0.29) is 41.0 Å². The van der Waals surface area contributed by atoms with Crippen LogP contribution in [0, 0.1) is 0 Å². The first kappa shape index (κ1) is 24.7. The highest BCUT2D eigenvalue weighted by molar-refractivity contribution is 8.93. The van der Waals surface area contributed by atoms with Crippen molar-refractivity contribution in [2.24, 2.45) is 0 Å². The Morgan fingerprint density at radius 2 is 1.62 bits per heavy atom. The summed E-state index contributed by atoms with van der Waals surface area (Å²) >= 11 is 2.74. The lowest BCUT2D eigenvalue weighted by Crippen LogP contribution is -2.60. The lowest BCUT2D eigenvalue weighted by atomic mass is 9.95. The van der Waals surface area contributed by atoms with Crippen LogP contribution in [0.15, 0.2) is 35.0 Å². The van der Waals surface area contributed by atoms with Crippen LogP contribution in [0.25, 0.3) is 0 Å². The van der Waals surface area contributed by atoms with Crippen molar-refractivity contribution in [2.45, 2.75) is 48.8 Å². The monoisotopic (exact) mass is 526 g/mol. The largest absolute Gasteiger partial charge is 0.459 e. The van der Waals surface area contributed by atoms with E-state index in [1.165, 1.54) is 22.7 Å². The second kappa shape index (κ2) is 8.55. The smallest absolute Gasteiger partial charge is 0.349 e. The number of esters is 1. The fourth-order valence-corrected chi connectivity index (χ4v) is 6.54. The normalized spacial score (nSPS) is 30.8. The Labute approximate surface area is 194 Å². The van der Waals surface area contributed by atoms with Crippen LogP contribution in [0.1, 0.15) is 22.6 Å². The topological polar surface area (TPSA) is 90.6 Å². The van der Waals surface area contributed by atoms with E-state index in [1.54, 1.807) is 12.1 Å². The third-order valence-corrected chi connectivity index (χ3v) is 8.32. The summed E-state index contributed by atoms with van der Waals surface area (Å²) in [6, 6.07) is 8.01. The molecule has 0 radical (unpaired) electrons. The highest BCUT2D eigenvalue weighted by atomic mass is 79.9. The van der Waals surface area contributed by atoms with Crippen LogP contribution >= 0.6 is 52.1 Å². The van der Waals surface area contributed by atoms with Crippen molar-refractivity contribution in [2.75, 3.05) is 14.1 Å². The van der Waals surface area contributed by atoms with Crippen molar-refractivity contribution in [3.63, 3.8) is 0 Å². The molecule has 0 aromatic carbocycles. The summed E-state index contributed by atoms with van der Waals surface area (Å²) in [6.45, 7) is 0. The Bertz CT molecular complexity index is 778. The van der Waals surface area contributed by atoms with Crippen molar-refractivity contribution in [1.82, 2.24) is 0 Å². The van der Waals surface area contributed by atoms with Gasteiger partial charge in [-0.2, -0.15) is 0 Å². The molecule has 6 nitrogen and oxygen atoms in total. The first-order chi connectivity index (χ1) is 12.4. The molecule has 3 aliphatic heterocycles. The maximum Gasteiger partial charge on any atom is 0.349 e. The van der Waals surface area contributed by atoms with Gasteiger partial charge in [0.15, 0.2) is 0 Å². The molecule has 29 heavy (non-hydrogen) atoms. The van der Waals surface area contributed by atoms with Crippen LogP contribution in [-0.4, -0.2) is 65.5 Å². The average Bonchev–Trinajstić information content (AvgIpc) is 2.98. The second-order valence-electron chi connectivity index (χ2n) is 7.99. The van der Waals surface area contributed by atoms with Gasteiger partial charge in [0.2, 0.25) is 5.60 Å². The van der Waals surface area contributed by atoms with Gasteiger partial charge in [-0.25, -0.2) is 4.79 Å². The van der Waals surface area contributed by atoms with Gasteiger partial charge in [0.1, 0.15) is 30.4 Å². The molecular weight excluding hydrogens is 502 g/mol. The van der Waals surface area contributed by atoms with Crippen LogP contribution in [-0.2, 0) is 19.9 Å². The number of thiophene rings is 2. The van der Waals surface area contributed by atoms with Gasteiger partial charge in [0.25, 0.3) is 0 Å². The number of carbonyl (C=O) groups excluding carboxylic acids is 1. The number of quaternary nitrogens is 1. The van der Waals surface area contributed by atoms with E-state index >= 15 is 0 Å². The van der Waals surface area contributed by atoms with Crippen molar-refractivity contribution in [3.8, 4) is 0 Å². The van der Waals surface area contributed by atoms with E-state index < -0.39 is 11.6 Å². The minimum Gasteiger partial charge on any atom is -0.459 e. The van der Waals surface area contributed by atoms with Crippen LogP contribution in [0.5, 0.6) is 0 Å². The fraction of sp³-hybridized carbons (Fsp3) is 0.526. The molecule has 0 spiro atoms. The Hall–Kier alpha value is -0.520. The molecule has 2 aromatic rings. The van der Waals surface area contributed by atoms with Crippen molar-refractivity contribution in [1.29, 1.82) is 0 Å². The molecule has 3 saturated heterocycles. The zero-order valence-corrected chi connectivity index (χ0v) is 20.2. The highest BCUT2D eigenvalue weighted by Gasteiger charge is 2.71. The van der Waals surface area contributed by atoms with Gasteiger partial charge in [0, 0.05) is 12.8 Å². The third-order valence-electron chi connectivity index (χ3n) is 6.36. The summed E-state index contributed by atoms with van der Waals surface area (Å²) in [5, 5.41) is 15.1. The third kappa shape index (κ3) is 3.70. The minimum absolute atomic E-state index is 0. The molecule has 3 fully saturated rings. The summed E-state index contributed by atoms with van der Waals surface area (Å²) < 4.78 is 12.6. The summed E-state index contributed by atoms with van der Waals surface area (Å²) in [5.41, 5.74) is -1.72. The SMILES string of the molecule is Br.C[N+]1(C)[C@@H]2CC(OC(=O)C(O)(c3cccs3)c3cccs3)C[C@H]1[C@@H]1O[C@@H]12.Cl.O. The molecule has 3 N–H and O–H groups in total. The predicted octanol–water partition coefficient (Wildman–Crippen LogP) is 2.52. The van der Waals surface area contributed by atoms with Crippen LogP contribution < -0.4 is 0 Å². The second-order valence-corrected chi connectivity index (χ2v) is 9.89. The number of piperidine rings is 1. The summed E-state index contributed by atoms with van der Waals surface area (Å²) in [6.07, 6.45) is 2.05. The van der Waals surface area contributed by atoms with E-state index in [0.29, 0.717) is 34.0 Å².